The number of benzene rings is 2. The van der Waals surface area contributed by atoms with Gasteiger partial charge in [0.1, 0.15) is 11.9 Å². The van der Waals surface area contributed by atoms with Gasteiger partial charge in [-0.05, 0) is 79.1 Å². The maximum absolute atomic E-state index is 13.2. The fraction of sp³-hybridized carbons (Fsp3) is 0.576. The molecule has 2 aromatic rings. The third-order valence-corrected chi connectivity index (χ3v) is 12.1. The van der Waals surface area contributed by atoms with Crippen LogP contribution < -0.4 is 0 Å². The summed E-state index contributed by atoms with van der Waals surface area (Å²) in [6, 6.07) is 18.8. The van der Waals surface area contributed by atoms with Crippen molar-refractivity contribution in [2.75, 3.05) is 31.9 Å². The first kappa shape index (κ1) is 29.3. The van der Waals surface area contributed by atoms with Crippen molar-refractivity contribution in [3.05, 3.63) is 71.3 Å². The van der Waals surface area contributed by atoms with Crippen LogP contribution in [0.3, 0.4) is 0 Å². The first-order valence-electron chi connectivity index (χ1n) is 15.3. The molecule has 1 unspecified atom stereocenters. The number of rotatable bonds is 4. The van der Waals surface area contributed by atoms with E-state index in [-0.39, 0.29) is 35.7 Å². The van der Waals surface area contributed by atoms with Crippen LogP contribution >= 0.6 is 0 Å². The Bertz CT molecular complexity index is 1440. The van der Waals surface area contributed by atoms with E-state index in [2.05, 4.69) is 41.3 Å². The fourth-order valence-electron chi connectivity index (χ4n) is 8.41. The molecule has 6 aliphatic rings. The van der Waals surface area contributed by atoms with Gasteiger partial charge in [0.05, 0.1) is 11.8 Å². The molecule has 8 rings (SSSR count). The molecular formula is C33H42N2O6S. The molecule has 0 spiro atoms. The van der Waals surface area contributed by atoms with E-state index in [1.54, 1.807) is 0 Å². The average molecular weight is 595 g/mol. The van der Waals surface area contributed by atoms with E-state index in [4.69, 9.17) is 9.29 Å². The highest BCUT2D eigenvalue weighted by Crippen LogP contribution is 2.64. The second-order valence-corrected chi connectivity index (χ2v) is 14.8. The molecule has 0 aromatic heterocycles. The van der Waals surface area contributed by atoms with Crippen LogP contribution in [0.5, 0.6) is 0 Å². The molecule has 42 heavy (non-hydrogen) atoms. The zero-order valence-electron chi connectivity index (χ0n) is 24.6. The maximum Gasteiger partial charge on any atom is 0.410 e. The Morgan fingerprint density at radius 2 is 1.69 bits per heavy atom. The minimum atomic E-state index is -4.01. The lowest BCUT2D eigenvalue weighted by molar-refractivity contribution is -0.128. The Morgan fingerprint density at radius 3 is 2.29 bits per heavy atom. The topological polar surface area (TPSA) is 104 Å². The smallest absolute Gasteiger partial charge is 0.410 e. The van der Waals surface area contributed by atoms with Gasteiger partial charge in [-0.1, -0.05) is 68.4 Å². The van der Waals surface area contributed by atoms with Crippen molar-refractivity contribution < 1.29 is 27.3 Å². The van der Waals surface area contributed by atoms with Crippen LogP contribution in [0.1, 0.15) is 68.7 Å². The summed E-state index contributed by atoms with van der Waals surface area (Å²) in [7, 11) is -4.01. The summed E-state index contributed by atoms with van der Waals surface area (Å²) in [5.74, 6) is 0.528. The van der Waals surface area contributed by atoms with Crippen molar-refractivity contribution >= 4 is 22.0 Å². The Balaban J connectivity index is 0.000000179. The largest absolute Gasteiger partial charge is 0.444 e. The van der Waals surface area contributed by atoms with Gasteiger partial charge in [0.25, 0.3) is 10.1 Å². The van der Waals surface area contributed by atoms with Gasteiger partial charge < -0.3 is 4.74 Å². The number of amides is 1. The number of hydrogen-bond donors (Lipinski definition) is 1. The maximum atomic E-state index is 13.2. The lowest BCUT2D eigenvalue weighted by Gasteiger charge is -2.45. The Kier molecular flexibility index (Phi) is 7.73. The first-order valence-corrected chi connectivity index (χ1v) is 16.9. The molecule has 3 saturated heterocycles. The summed E-state index contributed by atoms with van der Waals surface area (Å²) >= 11 is 0. The molecule has 4 bridgehead atoms. The number of fused-ring (bicyclic) bond motifs is 6. The third-order valence-electron chi connectivity index (χ3n) is 11.2. The van der Waals surface area contributed by atoms with Crippen LogP contribution in [0.4, 0.5) is 4.79 Å². The Hall–Kier alpha value is -2.75. The van der Waals surface area contributed by atoms with Crippen LogP contribution in [-0.2, 0) is 26.1 Å². The molecule has 9 heteroatoms. The summed E-state index contributed by atoms with van der Waals surface area (Å²) in [6.07, 6.45) is 5.21. The van der Waals surface area contributed by atoms with E-state index in [0.29, 0.717) is 18.9 Å². The predicted molar refractivity (Wildman–Crippen MR) is 160 cm³/mol. The molecule has 4 heterocycles. The van der Waals surface area contributed by atoms with Crippen molar-refractivity contribution in [1.29, 1.82) is 0 Å². The average Bonchev–Trinajstić information content (AvgIpc) is 3.31. The molecule has 5 fully saturated rings. The van der Waals surface area contributed by atoms with E-state index in [9.17, 15) is 18.0 Å². The fourth-order valence-corrected chi connectivity index (χ4v) is 9.72. The molecular weight excluding hydrogens is 552 g/mol. The zero-order chi connectivity index (χ0) is 29.7. The molecule has 0 radical (unpaired) electrons. The van der Waals surface area contributed by atoms with E-state index in [1.165, 1.54) is 11.1 Å². The highest BCUT2D eigenvalue weighted by atomic mass is 32.2. The molecule has 2 aromatic carbocycles. The Labute approximate surface area is 249 Å². The Morgan fingerprint density at radius 1 is 1.00 bits per heavy atom. The van der Waals surface area contributed by atoms with E-state index in [0.717, 1.165) is 57.3 Å². The number of carbonyl (C=O) groups excluding carboxylic acids is 2. The van der Waals surface area contributed by atoms with Crippen LogP contribution in [0.15, 0.2) is 54.6 Å². The second-order valence-electron chi connectivity index (χ2n) is 13.4. The summed E-state index contributed by atoms with van der Waals surface area (Å²) < 4.78 is 37.1. The number of ketones is 1. The van der Waals surface area contributed by atoms with Crippen LogP contribution in [0, 0.1) is 22.7 Å². The summed E-state index contributed by atoms with van der Waals surface area (Å²) in [6.45, 7) is 7.58. The van der Waals surface area contributed by atoms with Gasteiger partial charge >= 0.3 is 6.09 Å². The van der Waals surface area contributed by atoms with Crippen molar-refractivity contribution in [1.82, 2.24) is 9.80 Å². The quantitative estimate of drug-likeness (QED) is 0.489. The monoisotopic (exact) mass is 594 g/mol. The predicted octanol–water partition coefficient (Wildman–Crippen LogP) is 5.13. The van der Waals surface area contributed by atoms with Gasteiger partial charge in [0.2, 0.25) is 0 Å². The van der Waals surface area contributed by atoms with Gasteiger partial charge in [-0.2, -0.15) is 8.42 Å². The van der Waals surface area contributed by atoms with Gasteiger partial charge in [-0.3, -0.25) is 19.1 Å². The SMILES string of the molecule is CC1(CS(=O)(=O)O)[C@@H]2CC[C@@]1(C)C(=O)C2.O=C(O[C@H]1CN2CCC1CC2)N1CCc2ccccc2[C@H]1c1ccccc1. The third kappa shape index (κ3) is 5.28. The normalized spacial score (nSPS) is 34.9. The van der Waals surface area contributed by atoms with Crippen LogP contribution in [0.2, 0.25) is 0 Å². The molecule has 1 amide bonds. The molecule has 226 valence electrons. The molecule has 2 aliphatic carbocycles. The summed E-state index contributed by atoms with van der Waals surface area (Å²) in [5, 5.41) is 0. The lowest BCUT2D eigenvalue weighted by Crippen LogP contribution is -2.53. The number of ether oxygens (including phenoxy) is 1. The highest BCUT2D eigenvalue weighted by Gasteiger charge is 2.64. The molecule has 1 N–H and O–H groups in total. The number of piperidine rings is 3. The van der Waals surface area contributed by atoms with E-state index >= 15 is 0 Å². The van der Waals surface area contributed by atoms with Gasteiger partial charge in [0.15, 0.2) is 0 Å². The van der Waals surface area contributed by atoms with Gasteiger partial charge in [-0.25, -0.2) is 4.79 Å². The highest BCUT2D eigenvalue weighted by molar-refractivity contribution is 7.85. The van der Waals surface area contributed by atoms with Crippen molar-refractivity contribution in [2.45, 2.75) is 64.5 Å². The molecule has 8 nitrogen and oxygen atoms in total. The van der Waals surface area contributed by atoms with Crippen LogP contribution in [0.25, 0.3) is 0 Å². The van der Waals surface area contributed by atoms with E-state index < -0.39 is 20.9 Å². The van der Waals surface area contributed by atoms with Crippen molar-refractivity contribution in [3.63, 3.8) is 0 Å². The lowest BCUT2D eigenvalue weighted by atomic mass is 9.70. The van der Waals surface area contributed by atoms with Crippen molar-refractivity contribution in [2.24, 2.45) is 22.7 Å². The molecule has 4 aliphatic heterocycles. The van der Waals surface area contributed by atoms with E-state index in [1.807, 2.05) is 36.9 Å². The minimum Gasteiger partial charge on any atom is -0.444 e. The van der Waals surface area contributed by atoms with Gasteiger partial charge in [0, 0.05) is 24.9 Å². The molecule has 5 atom stereocenters. The molecule has 2 saturated carbocycles. The van der Waals surface area contributed by atoms with Crippen molar-refractivity contribution in [3.8, 4) is 0 Å². The number of hydrogen-bond acceptors (Lipinski definition) is 6. The first-order chi connectivity index (χ1) is 20.0. The number of nitrogens with zero attached hydrogens (tertiary/aromatic N) is 2. The second kappa shape index (κ2) is 11.1. The standard InChI is InChI=1S/C23H26N2O2.C10H16O4S/c26-23(27-21-16-24-13-10-18(21)11-14-24)25-15-12-17-6-4-5-9-20(17)22(25)19-7-2-1-3-8-19;1-9-4-3-7(5-8(9)11)10(9,2)6-15(12,13)14/h1-9,18,21-22H,10-16H2;7H,3-6H2,1-2H3,(H,12,13,14)/t21-,22+;7-,9+,10?/m01/s1. The number of carbonyl (C=O) groups is 2. The summed E-state index contributed by atoms with van der Waals surface area (Å²) in [4.78, 5) is 29.4. The summed E-state index contributed by atoms with van der Waals surface area (Å²) in [5.41, 5.74) is 2.58. The minimum absolute atomic E-state index is 0.0496. The zero-order valence-corrected chi connectivity index (χ0v) is 25.4. The van der Waals surface area contributed by atoms with Gasteiger partial charge in [-0.15, -0.1) is 0 Å². The van der Waals surface area contributed by atoms with Crippen LogP contribution in [-0.4, -0.2) is 72.7 Å². The number of Topliss-reactive ketones (excluding diaryl/α,β-unsaturated/α-hetero) is 1.